The molecule has 3 aliphatic rings. The maximum atomic E-state index is 14.3. The minimum Gasteiger partial charge on any atom is -0.350 e. The number of aromatic nitrogens is 2. The number of rotatable bonds is 2. The molecule has 1 aromatic heterocycles. The maximum absolute atomic E-state index is 14.3. The van der Waals surface area contributed by atoms with Gasteiger partial charge in [0.2, 0.25) is 0 Å². The molecule has 142 valence electrons. The Morgan fingerprint density at radius 3 is 2.56 bits per heavy atom. The summed E-state index contributed by atoms with van der Waals surface area (Å²) in [4.78, 5) is 25.8. The van der Waals surface area contributed by atoms with Gasteiger partial charge >= 0.3 is 0 Å². The van der Waals surface area contributed by atoms with E-state index in [-0.39, 0.29) is 11.4 Å². The van der Waals surface area contributed by atoms with E-state index in [2.05, 4.69) is 20.9 Å². The number of likely N-dealkylation sites (tertiary alicyclic amines) is 1. The van der Waals surface area contributed by atoms with Crippen LogP contribution in [-0.4, -0.2) is 51.6 Å². The third-order valence-corrected chi connectivity index (χ3v) is 6.65. The number of carbonyl (C=O) groups is 1. The van der Waals surface area contributed by atoms with Crippen LogP contribution in [0.1, 0.15) is 44.9 Å². The van der Waals surface area contributed by atoms with Gasteiger partial charge in [0.05, 0.1) is 5.52 Å². The molecule has 1 aliphatic carbocycles. The molecule has 2 aliphatic heterocycles. The lowest BCUT2D eigenvalue weighted by molar-refractivity contribution is -0.138. The third-order valence-electron chi connectivity index (χ3n) is 6.65. The van der Waals surface area contributed by atoms with Crippen LogP contribution < -0.4 is 4.90 Å². The van der Waals surface area contributed by atoms with Gasteiger partial charge in [-0.05, 0) is 57.1 Å². The Labute approximate surface area is 158 Å². The number of benzene rings is 1. The largest absolute Gasteiger partial charge is 0.350 e. The van der Waals surface area contributed by atoms with Crippen molar-refractivity contribution in [1.29, 1.82) is 0 Å². The van der Waals surface area contributed by atoms with Crippen LogP contribution in [-0.2, 0) is 4.79 Å². The number of fused-ring (bicyclic) bond motifs is 1. The molecule has 27 heavy (non-hydrogen) atoms. The zero-order valence-corrected chi connectivity index (χ0v) is 15.5. The zero-order valence-electron chi connectivity index (χ0n) is 15.5. The predicted molar refractivity (Wildman–Crippen MR) is 102 cm³/mol. The summed E-state index contributed by atoms with van der Waals surface area (Å²) in [6.07, 6.45) is 7.49. The molecule has 5 rings (SSSR count). The lowest BCUT2D eigenvalue weighted by Gasteiger charge is -2.39. The molecule has 1 atom stereocenters. The smallest absolute Gasteiger partial charge is 0.260 e. The molecule has 0 radical (unpaired) electrons. The minimum absolute atomic E-state index is 0.0131. The first kappa shape index (κ1) is 16.9. The number of halogens is 1. The second-order valence-corrected chi connectivity index (χ2v) is 8.31. The molecular weight excluding hydrogens is 343 g/mol. The highest BCUT2D eigenvalue weighted by Crippen LogP contribution is 2.45. The van der Waals surface area contributed by atoms with Gasteiger partial charge in [0, 0.05) is 30.6 Å². The van der Waals surface area contributed by atoms with Gasteiger partial charge in [-0.1, -0.05) is 12.1 Å². The fourth-order valence-corrected chi connectivity index (χ4v) is 4.98. The van der Waals surface area contributed by atoms with E-state index in [1.54, 1.807) is 11.2 Å². The number of hydrogen-bond acceptors (Lipinski definition) is 4. The van der Waals surface area contributed by atoms with Crippen LogP contribution in [0.2, 0.25) is 0 Å². The molecule has 3 fully saturated rings. The average molecular weight is 368 g/mol. The zero-order chi connectivity index (χ0) is 18.5. The number of amides is 1. The van der Waals surface area contributed by atoms with Crippen LogP contribution in [0.15, 0.2) is 30.6 Å². The molecule has 0 N–H and O–H groups in total. The third kappa shape index (κ3) is 2.77. The van der Waals surface area contributed by atoms with Crippen LogP contribution in [0.3, 0.4) is 0 Å². The molecule has 1 saturated carbocycles. The predicted octanol–water partition coefficient (Wildman–Crippen LogP) is 3.48. The molecule has 0 bridgehead atoms. The Bertz CT molecular complexity index is 878. The lowest BCUT2D eigenvalue weighted by atomic mass is 9.87. The van der Waals surface area contributed by atoms with E-state index in [1.165, 1.54) is 0 Å². The van der Waals surface area contributed by atoms with E-state index in [9.17, 15) is 9.18 Å². The van der Waals surface area contributed by atoms with Crippen molar-refractivity contribution in [2.45, 2.75) is 56.2 Å². The minimum atomic E-state index is -1.56. The van der Waals surface area contributed by atoms with E-state index >= 15 is 0 Å². The molecule has 1 aromatic carbocycles. The maximum Gasteiger partial charge on any atom is 0.260 e. The van der Waals surface area contributed by atoms with E-state index in [4.69, 9.17) is 0 Å². The number of carbonyl (C=O) groups excluding carboxylic acids is 1. The van der Waals surface area contributed by atoms with E-state index in [0.29, 0.717) is 25.9 Å². The van der Waals surface area contributed by atoms with Gasteiger partial charge in [-0.15, -0.1) is 0 Å². The highest BCUT2D eigenvalue weighted by molar-refractivity contribution is 5.90. The van der Waals surface area contributed by atoms with Crippen molar-refractivity contribution in [2.75, 3.05) is 24.5 Å². The van der Waals surface area contributed by atoms with E-state index < -0.39 is 5.67 Å². The Morgan fingerprint density at radius 2 is 1.74 bits per heavy atom. The van der Waals surface area contributed by atoms with Crippen LogP contribution in [0.25, 0.3) is 10.9 Å². The Hall–Kier alpha value is -2.24. The van der Waals surface area contributed by atoms with Crippen molar-refractivity contribution in [3.63, 3.8) is 0 Å². The van der Waals surface area contributed by atoms with Crippen LogP contribution >= 0.6 is 0 Å². The monoisotopic (exact) mass is 368 g/mol. The van der Waals surface area contributed by atoms with E-state index in [1.807, 2.05) is 18.2 Å². The first-order chi connectivity index (χ1) is 13.1. The van der Waals surface area contributed by atoms with Crippen molar-refractivity contribution in [3.05, 3.63) is 30.6 Å². The molecule has 1 amide bonds. The molecular formula is C21H25FN4O. The standard InChI is InChI=1S/C21H25FN4O/c22-21(9-10-21)19(27)25-12-3-7-20(11-14-25)8-4-13-26(20)18-16-5-1-2-6-17(16)23-15-24-18/h1-2,5-6,15H,3-4,7-14H2/t20-/m1/s1. The van der Waals surface area contributed by atoms with Crippen molar-refractivity contribution in [2.24, 2.45) is 0 Å². The number of hydrogen-bond donors (Lipinski definition) is 0. The van der Waals surface area contributed by atoms with E-state index in [0.717, 1.165) is 55.4 Å². The van der Waals surface area contributed by atoms with Crippen molar-refractivity contribution in [3.8, 4) is 0 Å². The molecule has 5 nitrogen and oxygen atoms in total. The quantitative estimate of drug-likeness (QED) is 0.814. The summed E-state index contributed by atoms with van der Waals surface area (Å²) in [5.41, 5.74) is -0.586. The second kappa shape index (κ2) is 6.14. The van der Waals surface area contributed by atoms with Gasteiger partial charge in [0.15, 0.2) is 5.67 Å². The summed E-state index contributed by atoms with van der Waals surface area (Å²) in [6.45, 7) is 2.29. The van der Waals surface area contributed by atoms with Gasteiger partial charge in [-0.3, -0.25) is 4.79 Å². The van der Waals surface area contributed by atoms with Crippen molar-refractivity contribution in [1.82, 2.24) is 14.9 Å². The Balaban J connectivity index is 1.44. The fourth-order valence-electron chi connectivity index (χ4n) is 4.98. The molecule has 6 heteroatoms. The SMILES string of the molecule is O=C(N1CCC[C@@]2(CCCN2c2ncnc3ccccc23)CC1)C1(F)CC1. The van der Waals surface area contributed by atoms with Crippen LogP contribution in [0, 0.1) is 0 Å². The highest BCUT2D eigenvalue weighted by Gasteiger charge is 2.53. The molecule has 0 unspecified atom stereocenters. The van der Waals surface area contributed by atoms with Crippen LogP contribution in [0.5, 0.6) is 0 Å². The molecule has 2 aromatic rings. The Kier molecular flexibility index (Phi) is 3.85. The van der Waals surface area contributed by atoms with Crippen molar-refractivity contribution < 1.29 is 9.18 Å². The number of para-hydroxylation sites is 1. The summed E-state index contributed by atoms with van der Waals surface area (Å²) in [5, 5.41) is 1.08. The average Bonchev–Trinajstić information content (AvgIpc) is 3.37. The van der Waals surface area contributed by atoms with Crippen LogP contribution in [0.4, 0.5) is 10.2 Å². The molecule has 3 heterocycles. The molecule has 2 saturated heterocycles. The summed E-state index contributed by atoms with van der Waals surface area (Å²) in [7, 11) is 0. The van der Waals surface area contributed by atoms with Gasteiger partial charge in [-0.2, -0.15) is 0 Å². The topological polar surface area (TPSA) is 49.3 Å². The van der Waals surface area contributed by atoms with Gasteiger partial charge < -0.3 is 9.80 Å². The van der Waals surface area contributed by atoms with Gasteiger partial charge in [0.1, 0.15) is 12.1 Å². The summed E-state index contributed by atoms with van der Waals surface area (Å²) in [6, 6.07) is 8.14. The normalized spacial score (nSPS) is 27.1. The first-order valence-electron chi connectivity index (χ1n) is 10.1. The number of alkyl halides is 1. The summed E-state index contributed by atoms with van der Waals surface area (Å²) in [5.74, 6) is 0.721. The van der Waals surface area contributed by atoms with Gasteiger partial charge in [-0.25, -0.2) is 14.4 Å². The summed E-state index contributed by atoms with van der Waals surface area (Å²) >= 11 is 0. The van der Waals surface area contributed by atoms with Gasteiger partial charge in [0.25, 0.3) is 5.91 Å². The lowest BCUT2D eigenvalue weighted by Crippen LogP contribution is -2.46. The number of anilines is 1. The first-order valence-corrected chi connectivity index (χ1v) is 10.1. The number of nitrogens with zero attached hydrogens (tertiary/aromatic N) is 4. The highest BCUT2D eigenvalue weighted by atomic mass is 19.1. The Morgan fingerprint density at radius 1 is 0.963 bits per heavy atom. The second-order valence-electron chi connectivity index (χ2n) is 8.31. The summed E-state index contributed by atoms with van der Waals surface area (Å²) < 4.78 is 14.3. The van der Waals surface area contributed by atoms with Crippen molar-refractivity contribution >= 4 is 22.6 Å². The molecule has 1 spiro atoms. The fraction of sp³-hybridized carbons (Fsp3) is 0.571.